The lowest BCUT2D eigenvalue weighted by Crippen LogP contribution is -2.38. The predicted octanol–water partition coefficient (Wildman–Crippen LogP) is 4.85. The highest BCUT2D eigenvalue weighted by Crippen LogP contribution is 2.33. The summed E-state index contributed by atoms with van der Waals surface area (Å²) in [4.78, 5) is 10.1. The molecule has 0 spiro atoms. The molecule has 5 rings (SSSR count). The van der Waals surface area contributed by atoms with E-state index in [1.54, 1.807) is 0 Å². The molecule has 0 amide bonds. The van der Waals surface area contributed by atoms with E-state index in [2.05, 4.69) is 32.3 Å². The quantitative estimate of drug-likeness (QED) is 0.307. The number of hydrogen-bond donors (Lipinski definition) is 4. The van der Waals surface area contributed by atoms with E-state index in [1.807, 2.05) is 60.8 Å². The molecular formula is C27H27ClN4O2. The molecular weight excluding hydrogens is 448 g/mol. The number of imidazole rings is 1. The van der Waals surface area contributed by atoms with Gasteiger partial charge in [0.15, 0.2) is 0 Å². The van der Waals surface area contributed by atoms with Crippen LogP contribution in [0, 0.1) is 0 Å². The zero-order valence-electron chi connectivity index (χ0n) is 18.7. The number of rotatable bonds is 7. The fourth-order valence-electron chi connectivity index (χ4n) is 4.46. The highest BCUT2D eigenvalue weighted by Gasteiger charge is 2.21. The molecule has 0 aliphatic carbocycles. The standard InChI is InChI=1S/C27H27ClN4O2/c28-24-10-9-20(13-23(24)27-29-14-26(31-27)18-5-2-1-3-6-18)30-25-8-4-7-19-15-32(12-11-22(19)25)16-21(34)17-33/h1-10,13-14,21,30,33-34H,11-12,15-17H2,(H,29,31)/t21-/m1/s1. The first kappa shape index (κ1) is 22.6. The summed E-state index contributed by atoms with van der Waals surface area (Å²) in [5.74, 6) is 0.723. The average Bonchev–Trinajstić information content (AvgIpc) is 3.36. The number of aliphatic hydroxyl groups is 2. The molecule has 174 valence electrons. The molecule has 0 saturated heterocycles. The summed E-state index contributed by atoms with van der Waals surface area (Å²) in [5.41, 5.74) is 7.36. The molecule has 1 aromatic heterocycles. The summed E-state index contributed by atoms with van der Waals surface area (Å²) < 4.78 is 0. The summed E-state index contributed by atoms with van der Waals surface area (Å²) in [5, 5.41) is 23.1. The molecule has 0 radical (unpaired) electrons. The Bertz CT molecular complexity index is 1270. The van der Waals surface area contributed by atoms with Crippen LogP contribution in [0.2, 0.25) is 5.02 Å². The van der Waals surface area contributed by atoms with Crippen LogP contribution in [-0.4, -0.2) is 50.9 Å². The fraction of sp³-hybridized carbons (Fsp3) is 0.222. The first-order chi connectivity index (χ1) is 16.6. The van der Waals surface area contributed by atoms with Gasteiger partial charge in [-0.25, -0.2) is 4.98 Å². The van der Waals surface area contributed by atoms with Gasteiger partial charge in [-0.2, -0.15) is 0 Å². The second-order valence-corrected chi connectivity index (χ2v) is 9.00. The Morgan fingerprint density at radius 1 is 1.09 bits per heavy atom. The highest BCUT2D eigenvalue weighted by molar-refractivity contribution is 6.33. The summed E-state index contributed by atoms with van der Waals surface area (Å²) in [6.07, 6.45) is 1.99. The predicted molar refractivity (Wildman–Crippen MR) is 136 cm³/mol. The molecule has 0 fully saturated rings. The van der Waals surface area contributed by atoms with Crippen LogP contribution in [0.4, 0.5) is 11.4 Å². The van der Waals surface area contributed by atoms with Crippen molar-refractivity contribution in [2.24, 2.45) is 0 Å². The van der Waals surface area contributed by atoms with Gasteiger partial charge in [-0.3, -0.25) is 4.90 Å². The number of hydrogen-bond acceptors (Lipinski definition) is 5. The zero-order valence-corrected chi connectivity index (χ0v) is 19.5. The normalized spacial score (nSPS) is 14.6. The van der Waals surface area contributed by atoms with E-state index in [4.69, 9.17) is 16.7 Å². The average molecular weight is 475 g/mol. The summed E-state index contributed by atoms with van der Waals surface area (Å²) in [6, 6.07) is 22.2. The number of H-pyrrole nitrogens is 1. The van der Waals surface area contributed by atoms with Crippen LogP contribution >= 0.6 is 11.6 Å². The number of aromatic amines is 1. The molecule has 6 nitrogen and oxygen atoms in total. The van der Waals surface area contributed by atoms with Crippen molar-refractivity contribution in [2.45, 2.75) is 19.1 Å². The molecule has 4 N–H and O–H groups in total. The molecule has 7 heteroatoms. The van der Waals surface area contributed by atoms with E-state index in [-0.39, 0.29) is 6.61 Å². The van der Waals surface area contributed by atoms with Crippen molar-refractivity contribution >= 4 is 23.0 Å². The molecule has 1 aliphatic rings. The van der Waals surface area contributed by atoms with Crippen LogP contribution in [0.3, 0.4) is 0 Å². The largest absolute Gasteiger partial charge is 0.394 e. The van der Waals surface area contributed by atoms with E-state index >= 15 is 0 Å². The minimum absolute atomic E-state index is 0.216. The third-order valence-corrected chi connectivity index (χ3v) is 6.52. The first-order valence-electron chi connectivity index (χ1n) is 11.4. The van der Waals surface area contributed by atoms with E-state index in [9.17, 15) is 5.11 Å². The van der Waals surface area contributed by atoms with Gasteiger partial charge in [-0.15, -0.1) is 0 Å². The molecule has 1 atom stereocenters. The number of benzene rings is 3. The topological polar surface area (TPSA) is 84.4 Å². The zero-order chi connectivity index (χ0) is 23.5. The Balaban J connectivity index is 1.38. The van der Waals surface area contributed by atoms with Gasteiger partial charge < -0.3 is 20.5 Å². The van der Waals surface area contributed by atoms with Gasteiger partial charge in [0.2, 0.25) is 0 Å². The number of aliphatic hydroxyl groups excluding tert-OH is 2. The monoisotopic (exact) mass is 474 g/mol. The van der Waals surface area contributed by atoms with Gasteiger partial charge in [0, 0.05) is 36.6 Å². The molecule has 0 unspecified atom stereocenters. The Kier molecular flexibility index (Phi) is 6.65. The van der Waals surface area contributed by atoms with Gasteiger partial charge in [-0.05, 0) is 47.4 Å². The number of anilines is 2. The van der Waals surface area contributed by atoms with Gasteiger partial charge in [0.1, 0.15) is 5.82 Å². The van der Waals surface area contributed by atoms with Gasteiger partial charge in [0.25, 0.3) is 0 Å². The molecule has 4 aromatic rings. The van der Waals surface area contributed by atoms with Crippen LogP contribution in [0.5, 0.6) is 0 Å². The Morgan fingerprint density at radius 3 is 2.76 bits per heavy atom. The molecule has 0 bridgehead atoms. The Hall–Kier alpha value is -3.16. The molecule has 0 saturated carbocycles. The fourth-order valence-corrected chi connectivity index (χ4v) is 4.67. The minimum Gasteiger partial charge on any atom is -0.394 e. The minimum atomic E-state index is -0.709. The molecule has 3 aromatic carbocycles. The van der Waals surface area contributed by atoms with Crippen LogP contribution in [0.15, 0.2) is 72.9 Å². The highest BCUT2D eigenvalue weighted by atomic mass is 35.5. The van der Waals surface area contributed by atoms with Gasteiger partial charge in [0.05, 0.1) is 29.6 Å². The van der Waals surface area contributed by atoms with Gasteiger partial charge in [-0.1, -0.05) is 54.1 Å². The Labute approximate surface area is 203 Å². The number of nitrogens with one attached hydrogen (secondary N) is 2. The van der Waals surface area contributed by atoms with Crippen LogP contribution < -0.4 is 5.32 Å². The van der Waals surface area contributed by atoms with Crippen LogP contribution in [-0.2, 0) is 13.0 Å². The van der Waals surface area contributed by atoms with E-state index < -0.39 is 6.10 Å². The first-order valence-corrected chi connectivity index (χ1v) is 11.8. The molecule has 2 heterocycles. The molecule has 1 aliphatic heterocycles. The van der Waals surface area contributed by atoms with E-state index in [1.165, 1.54) is 11.1 Å². The van der Waals surface area contributed by atoms with Crippen molar-refractivity contribution in [3.8, 4) is 22.6 Å². The van der Waals surface area contributed by atoms with Crippen molar-refractivity contribution in [3.05, 3.63) is 89.1 Å². The van der Waals surface area contributed by atoms with Crippen molar-refractivity contribution in [1.82, 2.24) is 14.9 Å². The van der Waals surface area contributed by atoms with Gasteiger partial charge >= 0.3 is 0 Å². The van der Waals surface area contributed by atoms with Crippen molar-refractivity contribution in [3.63, 3.8) is 0 Å². The van der Waals surface area contributed by atoms with E-state index in [0.717, 1.165) is 53.5 Å². The maximum Gasteiger partial charge on any atom is 0.139 e. The number of aromatic nitrogens is 2. The number of β-amino-alcohol motifs (C(OH)–C–C–N with tert-alkyl or cyclic N) is 1. The Morgan fingerprint density at radius 2 is 1.94 bits per heavy atom. The lowest BCUT2D eigenvalue weighted by atomic mass is 9.97. The van der Waals surface area contributed by atoms with Crippen LogP contribution in [0.1, 0.15) is 11.1 Å². The van der Waals surface area contributed by atoms with E-state index in [0.29, 0.717) is 11.6 Å². The summed E-state index contributed by atoms with van der Waals surface area (Å²) >= 11 is 6.54. The van der Waals surface area contributed by atoms with Crippen molar-refractivity contribution in [2.75, 3.05) is 25.0 Å². The maximum absolute atomic E-state index is 9.79. The third-order valence-electron chi connectivity index (χ3n) is 6.19. The summed E-state index contributed by atoms with van der Waals surface area (Å²) in [6.45, 7) is 1.85. The summed E-state index contributed by atoms with van der Waals surface area (Å²) in [7, 11) is 0. The van der Waals surface area contributed by atoms with Crippen molar-refractivity contribution in [1.29, 1.82) is 0 Å². The number of nitrogens with zero attached hydrogens (tertiary/aromatic N) is 2. The number of fused-ring (bicyclic) bond motifs is 1. The SMILES string of the molecule is OC[C@H](O)CN1CCc2c(cccc2Nc2ccc(Cl)c(-c3ncc(-c4ccccc4)[nH]3)c2)C1. The second-order valence-electron chi connectivity index (χ2n) is 8.60. The lowest BCUT2D eigenvalue weighted by molar-refractivity contribution is 0.0551. The second kappa shape index (κ2) is 9.99. The lowest BCUT2D eigenvalue weighted by Gasteiger charge is -2.31. The number of halogens is 1. The third kappa shape index (κ3) is 4.86. The molecule has 34 heavy (non-hydrogen) atoms. The maximum atomic E-state index is 9.79. The van der Waals surface area contributed by atoms with Crippen molar-refractivity contribution < 1.29 is 10.2 Å². The smallest absolute Gasteiger partial charge is 0.139 e. The van der Waals surface area contributed by atoms with Crippen LogP contribution in [0.25, 0.3) is 22.6 Å².